The average molecular weight is 480 g/mol. The van der Waals surface area contributed by atoms with Crippen molar-refractivity contribution in [2.24, 2.45) is 10.7 Å². The van der Waals surface area contributed by atoms with E-state index in [4.69, 9.17) is 15.2 Å². The molecule has 0 saturated carbocycles. The Morgan fingerprint density at radius 3 is 2.62 bits per heavy atom. The van der Waals surface area contributed by atoms with Crippen LogP contribution in [0.15, 0.2) is 52.4 Å². The van der Waals surface area contributed by atoms with Gasteiger partial charge in [0.05, 0.1) is 21.1 Å². The van der Waals surface area contributed by atoms with Crippen LogP contribution in [-0.2, 0) is 4.79 Å². The van der Waals surface area contributed by atoms with Gasteiger partial charge in [-0.2, -0.15) is 4.99 Å². The van der Waals surface area contributed by atoms with E-state index in [1.54, 1.807) is 42.5 Å². The highest BCUT2D eigenvalue weighted by atomic mass is 127. The third-order valence-electron chi connectivity index (χ3n) is 3.39. The van der Waals surface area contributed by atoms with Crippen LogP contribution >= 0.6 is 34.4 Å². The first-order valence-corrected chi connectivity index (χ1v) is 9.30. The summed E-state index contributed by atoms with van der Waals surface area (Å²) >= 11 is 3.16. The van der Waals surface area contributed by atoms with Gasteiger partial charge in [-0.05, 0) is 70.3 Å². The number of ether oxygens (including phenoxy) is 2. The molecule has 3 rings (SSSR count). The molecule has 0 spiro atoms. The lowest BCUT2D eigenvalue weighted by atomic mass is 10.2. The Kier molecular flexibility index (Phi) is 5.62. The topological polar surface area (TPSA) is 91.0 Å². The van der Waals surface area contributed by atoms with Gasteiger partial charge in [-0.1, -0.05) is 18.2 Å². The molecule has 2 N–H and O–H groups in total. The van der Waals surface area contributed by atoms with Gasteiger partial charge in [-0.3, -0.25) is 4.79 Å². The number of methoxy groups -OCH3 is 1. The van der Waals surface area contributed by atoms with E-state index >= 15 is 0 Å². The fourth-order valence-corrected chi connectivity index (χ4v) is 3.64. The van der Waals surface area contributed by atoms with Gasteiger partial charge in [-0.25, -0.2) is 4.79 Å². The van der Waals surface area contributed by atoms with Crippen LogP contribution in [0.1, 0.15) is 15.9 Å². The maximum Gasteiger partial charge on any atom is 0.343 e. The second-order valence-corrected chi connectivity index (χ2v) is 7.38. The molecule has 2 aromatic carbocycles. The predicted octanol–water partition coefficient (Wildman–Crippen LogP) is 3.45. The lowest BCUT2D eigenvalue weighted by Gasteiger charge is -2.12. The molecule has 1 amide bonds. The van der Waals surface area contributed by atoms with Crippen molar-refractivity contribution < 1.29 is 19.1 Å². The third-order valence-corrected chi connectivity index (χ3v) is 5.00. The molecule has 0 atom stereocenters. The number of halogens is 1. The number of carbonyl (C=O) groups is 2. The zero-order chi connectivity index (χ0) is 18.7. The Hall–Kier alpha value is -2.33. The Bertz CT molecular complexity index is 942. The van der Waals surface area contributed by atoms with Crippen LogP contribution in [0.2, 0.25) is 0 Å². The van der Waals surface area contributed by atoms with Gasteiger partial charge in [0, 0.05) is 0 Å². The van der Waals surface area contributed by atoms with Crippen LogP contribution < -0.4 is 15.2 Å². The molecule has 2 aromatic rings. The summed E-state index contributed by atoms with van der Waals surface area (Å²) in [7, 11) is 1.48. The summed E-state index contributed by atoms with van der Waals surface area (Å²) in [5.74, 6) is -0.140. The molecule has 8 heteroatoms. The molecule has 1 aliphatic rings. The van der Waals surface area contributed by atoms with E-state index in [0.29, 0.717) is 31.1 Å². The summed E-state index contributed by atoms with van der Waals surface area (Å²) in [5, 5.41) is 0.219. The molecule has 0 fully saturated rings. The number of rotatable bonds is 4. The smallest absolute Gasteiger partial charge is 0.343 e. The van der Waals surface area contributed by atoms with E-state index in [0.717, 1.165) is 11.8 Å². The highest BCUT2D eigenvalue weighted by Gasteiger charge is 2.21. The van der Waals surface area contributed by atoms with Crippen molar-refractivity contribution in [1.29, 1.82) is 0 Å². The van der Waals surface area contributed by atoms with Crippen LogP contribution in [0, 0.1) is 3.57 Å². The highest BCUT2D eigenvalue weighted by molar-refractivity contribution is 14.1. The quantitative estimate of drug-likeness (QED) is 0.312. The fourth-order valence-electron chi connectivity index (χ4n) is 2.22. The molecule has 1 heterocycles. The first-order chi connectivity index (χ1) is 12.5. The maximum atomic E-state index is 12.3. The Morgan fingerprint density at radius 2 is 2.00 bits per heavy atom. The normalized spacial score (nSPS) is 15.1. The number of hydrogen-bond donors (Lipinski definition) is 1. The van der Waals surface area contributed by atoms with Gasteiger partial charge in [0.2, 0.25) is 0 Å². The van der Waals surface area contributed by atoms with E-state index in [9.17, 15) is 9.59 Å². The number of thioether (sulfide) groups is 1. The molecule has 6 nitrogen and oxygen atoms in total. The maximum absolute atomic E-state index is 12.3. The number of amidine groups is 1. The number of nitrogens with two attached hydrogens (primary N) is 1. The van der Waals surface area contributed by atoms with Gasteiger partial charge in [0.15, 0.2) is 16.7 Å². The first kappa shape index (κ1) is 18.5. The molecular formula is C18H13IN2O4S. The second kappa shape index (κ2) is 7.92. The molecule has 132 valence electrons. The van der Waals surface area contributed by atoms with Gasteiger partial charge in [-0.15, -0.1) is 0 Å². The summed E-state index contributed by atoms with van der Waals surface area (Å²) in [6.07, 6.45) is 1.67. The van der Waals surface area contributed by atoms with Gasteiger partial charge < -0.3 is 15.2 Å². The third kappa shape index (κ3) is 4.07. The molecule has 0 aromatic heterocycles. The standard InChI is InChI=1S/C18H13IN2O4S/c1-24-13-8-10(9-14-16(22)21-18(20)26-14)7-12(19)15(13)25-17(23)11-5-3-2-4-6-11/h2-9H,1H3,(H2,20,21,22)/b14-9-. The molecule has 0 radical (unpaired) electrons. The Balaban J connectivity index is 1.90. The fraction of sp³-hybridized carbons (Fsp3) is 0.0556. The molecule has 26 heavy (non-hydrogen) atoms. The van der Waals surface area contributed by atoms with E-state index < -0.39 is 5.97 Å². The van der Waals surface area contributed by atoms with Crippen molar-refractivity contribution in [2.75, 3.05) is 7.11 Å². The summed E-state index contributed by atoms with van der Waals surface area (Å²) in [5.41, 5.74) is 6.71. The van der Waals surface area contributed by atoms with Crippen molar-refractivity contribution in [1.82, 2.24) is 0 Å². The second-order valence-electron chi connectivity index (χ2n) is 5.16. The molecule has 0 saturated heterocycles. The minimum Gasteiger partial charge on any atom is -0.493 e. The molecule has 1 aliphatic heterocycles. The lowest BCUT2D eigenvalue weighted by Crippen LogP contribution is -2.10. The summed E-state index contributed by atoms with van der Waals surface area (Å²) in [4.78, 5) is 28.1. The van der Waals surface area contributed by atoms with Crippen molar-refractivity contribution in [3.8, 4) is 11.5 Å². The van der Waals surface area contributed by atoms with Gasteiger partial charge in [0.1, 0.15) is 0 Å². The average Bonchev–Trinajstić information content (AvgIpc) is 2.94. The summed E-state index contributed by atoms with van der Waals surface area (Å²) < 4.78 is 11.5. The van der Waals surface area contributed by atoms with Gasteiger partial charge >= 0.3 is 5.97 Å². The number of nitrogens with zero attached hydrogens (tertiary/aromatic N) is 1. The van der Waals surface area contributed by atoms with Crippen LogP contribution in [0.4, 0.5) is 0 Å². The lowest BCUT2D eigenvalue weighted by molar-refractivity contribution is -0.113. The Morgan fingerprint density at radius 1 is 1.27 bits per heavy atom. The first-order valence-electron chi connectivity index (χ1n) is 7.40. The molecular weight excluding hydrogens is 467 g/mol. The minimum atomic E-state index is -0.476. The zero-order valence-electron chi connectivity index (χ0n) is 13.6. The number of esters is 1. The summed E-state index contributed by atoms with van der Waals surface area (Å²) in [6.45, 7) is 0. The van der Waals surface area contributed by atoms with Gasteiger partial charge in [0.25, 0.3) is 5.91 Å². The molecule has 0 bridgehead atoms. The predicted molar refractivity (Wildman–Crippen MR) is 109 cm³/mol. The molecule has 0 unspecified atom stereocenters. The largest absolute Gasteiger partial charge is 0.493 e. The van der Waals surface area contributed by atoms with Crippen LogP contribution in [0.5, 0.6) is 11.5 Å². The highest BCUT2D eigenvalue weighted by Crippen LogP contribution is 2.36. The molecule has 0 aliphatic carbocycles. The zero-order valence-corrected chi connectivity index (χ0v) is 16.5. The van der Waals surface area contributed by atoms with E-state index in [1.807, 2.05) is 6.07 Å². The van der Waals surface area contributed by atoms with Crippen LogP contribution in [0.25, 0.3) is 6.08 Å². The van der Waals surface area contributed by atoms with Crippen LogP contribution in [0.3, 0.4) is 0 Å². The minimum absolute atomic E-state index is 0.219. The number of hydrogen-bond acceptors (Lipinski definition) is 6. The van der Waals surface area contributed by atoms with Crippen LogP contribution in [-0.4, -0.2) is 24.2 Å². The van der Waals surface area contributed by atoms with E-state index in [2.05, 4.69) is 27.6 Å². The number of benzene rings is 2. The van der Waals surface area contributed by atoms with E-state index in [-0.39, 0.29) is 11.1 Å². The number of carbonyl (C=O) groups excluding carboxylic acids is 2. The van der Waals surface area contributed by atoms with E-state index in [1.165, 1.54) is 7.11 Å². The van der Waals surface area contributed by atoms with Crippen molar-refractivity contribution in [2.45, 2.75) is 0 Å². The SMILES string of the molecule is COc1cc(/C=C2\SC(N)=NC2=O)cc(I)c1OC(=O)c1ccccc1. The number of amides is 1. The van der Waals surface area contributed by atoms with Crippen molar-refractivity contribution >= 4 is 57.5 Å². The Labute approximate surface area is 167 Å². The number of aliphatic imine (C=N–C) groups is 1. The monoisotopic (exact) mass is 480 g/mol. The van der Waals surface area contributed by atoms with Crippen molar-refractivity contribution in [3.63, 3.8) is 0 Å². The summed E-state index contributed by atoms with van der Waals surface area (Å²) in [6, 6.07) is 12.2. The van der Waals surface area contributed by atoms with Crippen molar-refractivity contribution in [3.05, 3.63) is 62.1 Å².